The second-order valence-corrected chi connectivity index (χ2v) is 18.8. The molecule has 0 heterocycles. The van der Waals surface area contributed by atoms with E-state index in [1.165, 1.54) is 109 Å². The van der Waals surface area contributed by atoms with E-state index in [-0.39, 0.29) is 32.3 Å². The van der Waals surface area contributed by atoms with Crippen molar-refractivity contribution in [3.05, 3.63) is 97.2 Å². The van der Waals surface area contributed by atoms with Crippen LogP contribution in [0.25, 0.3) is 0 Å². The van der Waals surface area contributed by atoms with E-state index in [0.717, 1.165) is 89.9 Å². The van der Waals surface area contributed by atoms with E-state index in [1.54, 1.807) is 0 Å². The number of hydrogen-bond acceptors (Lipinski definition) is 7. The lowest BCUT2D eigenvalue weighted by Crippen LogP contribution is -2.28. The van der Waals surface area contributed by atoms with Gasteiger partial charge in [0, 0.05) is 19.6 Å². The third kappa shape index (κ3) is 52.4. The Hall–Kier alpha value is -2.58. The summed E-state index contributed by atoms with van der Waals surface area (Å²) in [6, 6.07) is 0. The number of hydrogen-bond donors (Lipinski definition) is 2. The topological polar surface area (TPSA) is 117 Å². The second kappa shape index (κ2) is 53.4. The van der Waals surface area contributed by atoms with Gasteiger partial charge in [0.2, 0.25) is 0 Å². The molecule has 0 saturated heterocycles. The lowest BCUT2D eigenvalue weighted by atomic mass is 10.0. The average Bonchev–Trinajstić information content (AvgIpc) is 3.31. The van der Waals surface area contributed by atoms with Gasteiger partial charge in [-0.1, -0.05) is 214 Å². The fraction of sp³-hybridized carbons (Fsp3) is 0.702. The molecule has 380 valence electrons. The molecule has 0 aromatic rings. The first-order valence-corrected chi connectivity index (χ1v) is 28.2. The van der Waals surface area contributed by atoms with E-state index < -0.39 is 13.9 Å². The highest BCUT2D eigenvalue weighted by atomic mass is 31.2. The third-order valence-corrected chi connectivity index (χ3v) is 12.0. The van der Waals surface area contributed by atoms with Gasteiger partial charge in [-0.25, -0.2) is 4.57 Å². The molecule has 0 bridgehead atoms. The lowest BCUT2D eigenvalue weighted by Gasteiger charge is -2.20. The second-order valence-electron chi connectivity index (χ2n) is 17.4. The first kappa shape index (κ1) is 63.4. The molecule has 0 amide bonds. The molecule has 0 aromatic heterocycles. The Morgan fingerprint density at radius 3 is 1.27 bits per heavy atom. The lowest BCUT2D eigenvalue weighted by molar-refractivity contribution is -0.154. The van der Waals surface area contributed by atoms with Crippen molar-refractivity contribution < 1.29 is 32.8 Å². The minimum Gasteiger partial charge on any atom is -0.457 e. The Morgan fingerprint density at radius 2 is 0.848 bits per heavy atom. The van der Waals surface area contributed by atoms with Gasteiger partial charge in [-0.05, 0) is 96.3 Å². The normalized spacial score (nSPS) is 14.1. The molecular formula is C57H100NO7P. The van der Waals surface area contributed by atoms with E-state index in [1.807, 2.05) is 0 Å². The molecular weight excluding hydrogens is 842 g/mol. The summed E-state index contributed by atoms with van der Waals surface area (Å²) in [6.07, 6.45) is 71.6. The van der Waals surface area contributed by atoms with Crippen LogP contribution in [0.4, 0.5) is 0 Å². The van der Waals surface area contributed by atoms with Gasteiger partial charge >= 0.3 is 13.8 Å². The van der Waals surface area contributed by atoms with Crippen molar-refractivity contribution in [3.8, 4) is 0 Å². The van der Waals surface area contributed by atoms with Gasteiger partial charge in [-0.2, -0.15) is 0 Å². The summed E-state index contributed by atoms with van der Waals surface area (Å²) in [4.78, 5) is 22.6. The molecule has 0 radical (unpaired) electrons. The third-order valence-electron chi connectivity index (χ3n) is 11.0. The maximum Gasteiger partial charge on any atom is 0.472 e. The molecule has 0 aliphatic carbocycles. The zero-order chi connectivity index (χ0) is 48.0. The summed E-state index contributed by atoms with van der Waals surface area (Å²) < 4.78 is 33.6. The van der Waals surface area contributed by atoms with Gasteiger partial charge in [0.05, 0.1) is 19.8 Å². The van der Waals surface area contributed by atoms with Crippen LogP contribution in [-0.4, -0.2) is 49.9 Å². The van der Waals surface area contributed by atoms with Gasteiger partial charge in [0.1, 0.15) is 6.10 Å². The van der Waals surface area contributed by atoms with Crippen LogP contribution in [0.2, 0.25) is 0 Å². The Kier molecular flexibility index (Phi) is 51.3. The van der Waals surface area contributed by atoms with Gasteiger partial charge in [0.15, 0.2) is 0 Å². The molecule has 0 spiro atoms. The molecule has 2 atom stereocenters. The van der Waals surface area contributed by atoms with Crippen molar-refractivity contribution in [2.24, 2.45) is 5.73 Å². The minimum absolute atomic E-state index is 0.0918. The zero-order valence-electron chi connectivity index (χ0n) is 42.4. The van der Waals surface area contributed by atoms with E-state index in [0.29, 0.717) is 13.0 Å². The molecule has 0 aliphatic rings. The highest BCUT2D eigenvalue weighted by Gasteiger charge is 2.25. The molecule has 0 saturated carbocycles. The maximum absolute atomic E-state index is 12.7. The van der Waals surface area contributed by atoms with E-state index >= 15 is 0 Å². The molecule has 66 heavy (non-hydrogen) atoms. The van der Waals surface area contributed by atoms with Crippen molar-refractivity contribution in [2.75, 3.05) is 33.0 Å². The predicted octanol–water partition coefficient (Wildman–Crippen LogP) is 17.0. The number of rotatable bonds is 50. The molecule has 0 aliphatic heterocycles. The number of carbonyl (C=O) groups is 1. The number of carbonyl (C=O) groups excluding carboxylic acids is 1. The minimum atomic E-state index is -4.30. The van der Waals surface area contributed by atoms with Crippen LogP contribution in [0.3, 0.4) is 0 Å². The van der Waals surface area contributed by atoms with Crippen molar-refractivity contribution in [2.45, 2.75) is 225 Å². The number of phosphoric ester groups is 1. The fourth-order valence-corrected chi connectivity index (χ4v) is 7.85. The van der Waals surface area contributed by atoms with Crippen molar-refractivity contribution in [1.82, 2.24) is 0 Å². The molecule has 9 heteroatoms. The fourth-order valence-electron chi connectivity index (χ4n) is 7.09. The summed E-state index contributed by atoms with van der Waals surface area (Å²) in [6.45, 7) is 4.75. The number of allylic oxidation sites excluding steroid dienone is 16. The summed E-state index contributed by atoms with van der Waals surface area (Å²) >= 11 is 0. The van der Waals surface area contributed by atoms with Crippen molar-refractivity contribution in [1.29, 1.82) is 0 Å². The maximum atomic E-state index is 12.7. The molecule has 8 nitrogen and oxygen atoms in total. The number of unbranched alkanes of at least 4 members (excludes halogenated alkanes) is 21. The number of nitrogens with two attached hydrogens (primary N) is 1. The van der Waals surface area contributed by atoms with Crippen LogP contribution in [0.15, 0.2) is 97.2 Å². The van der Waals surface area contributed by atoms with Crippen LogP contribution in [0.5, 0.6) is 0 Å². The van der Waals surface area contributed by atoms with E-state index in [4.69, 9.17) is 24.3 Å². The SMILES string of the molecule is CC/C=C\C/C=C\C/C=C\C/C=C\C/C=C\CCCCCCCCOCC(COP(=O)(O)OCCN)OC(=O)CCCCCCCCCCCC/C=C\C/C=C\C/C=C\CCCCCCC. The highest BCUT2D eigenvalue weighted by Crippen LogP contribution is 2.43. The molecule has 0 fully saturated rings. The van der Waals surface area contributed by atoms with Crippen LogP contribution < -0.4 is 5.73 Å². The van der Waals surface area contributed by atoms with Crippen molar-refractivity contribution >= 4 is 13.8 Å². The number of phosphoric acid groups is 1. The summed E-state index contributed by atoms with van der Waals surface area (Å²) in [7, 11) is -4.30. The predicted molar refractivity (Wildman–Crippen MR) is 284 cm³/mol. The zero-order valence-corrected chi connectivity index (χ0v) is 43.3. The Balaban J connectivity index is 4.00. The van der Waals surface area contributed by atoms with Crippen LogP contribution in [-0.2, 0) is 27.9 Å². The van der Waals surface area contributed by atoms with Crippen LogP contribution in [0, 0.1) is 0 Å². The van der Waals surface area contributed by atoms with Gasteiger partial charge < -0.3 is 20.1 Å². The van der Waals surface area contributed by atoms with Crippen molar-refractivity contribution in [3.63, 3.8) is 0 Å². The standard InChI is InChI=1S/C57H100NO7P/c1-3-5-7-9-11-13-15-17-19-21-23-25-27-28-29-30-32-34-36-38-40-42-44-46-48-50-57(59)65-56(55-64-66(60,61)63-53-51-58)54-62-52-49-47-45-43-41-39-37-35-33-31-26-24-22-20-18-16-14-12-10-8-6-4-2/h6,8,12,14-15,17-18,20-21,23-24,26-28,33,35,56H,3-5,7,9-11,13,16,19,22,25,29-32,34,36-55,58H2,1-2H3,(H,60,61)/b8-6-,14-12-,17-15-,20-18-,23-21-,26-24-,28-27-,35-33-. The Labute approximate surface area is 406 Å². The summed E-state index contributed by atoms with van der Waals surface area (Å²) in [5.41, 5.74) is 5.39. The number of ether oxygens (including phenoxy) is 2. The first-order chi connectivity index (χ1) is 32.4. The summed E-state index contributed by atoms with van der Waals surface area (Å²) in [5, 5.41) is 0. The van der Waals surface area contributed by atoms with Crippen LogP contribution in [0.1, 0.15) is 219 Å². The smallest absolute Gasteiger partial charge is 0.457 e. The average molecular weight is 942 g/mol. The van der Waals surface area contributed by atoms with Crippen LogP contribution >= 0.6 is 7.82 Å². The quantitative estimate of drug-likeness (QED) is 0.0268. The largest absolute Gasteiger partial charge is 0.472 e. The number of esters is 1. The highest BCUT2D eigenvalue weighted by molar-refractivity contribution is 7.47. The van der Waals surface area contributed by atoms with E-state index in [2.05, 4.69) is 111 Å². The van der Waals surface area contributed by atoms with Gasteiger partial charge in [-0.3, -0.25) is 13.8 Å². The van der Waals surface area contributed by atoms with Gasteiger partial charge in [-0.15, -0.1) is 0 Å². The molecule has 0 rings (SSSR count). The Morgan fingerprint density at radius 1 is 0.470 bits per heavy atom. The summed E-state index contributed by atoms with van der Waals surface area (Å²) in [5.74, 6) is -0.342. The van der Waals surface area contributed by atoms with Gasteiger partial charge in [0.25, 0.3) is 0 Å². The molecule has 0 aromatic carbocycles. The molecule has 3 N–H and O–H groups in total. The monoisotopic (exact) mass is 942 g/mol. The first-order valence-electron chi connectivity index (χ1n) is 26.7. The Bertz CT molecular complexity index is 1330. The molecule has 2 unspecified atom stereocenters. The van der Waals surface area contributed by atoms with E-state index in [9.17, 15) is 14.3 Å².